The molecule has 3 aliphatic rings. The van der Waals surface area contributed by atoms with Crippen LogP contribution in [0.1, 0.15) is 45.5 Å². The zero-order valence-corrected chi connectivity index (χ0v) is 19.2. The van der Waals surface area contributed by atoms with Crippen LogP contribution in [0, 0.1) is 0 Å². The van der Waals surface area contributed by atoms with Crippen LogP contribution in [0.3, 0.4) is 0 Å². The van der Waals surface area contributed by atoms with Gasteiger partial charge in [0.05, 0.1) is 19.3 Å². The predicted octanol–water partition coefficient (Wildman–Crippen LogP) is 0.789. The summed E-state index contributed by atoms with van der Waals surface area (Å²) in [4.78, 5) is 15.2. The molecule has 0 saturated carbocycles. The lowest BCUT2D eigenvalue weighted by atomic mass is 9.84. The summed E-state index contributed by atoms with van der Waals surface area (Å²) in [6, 6.07) is 10.1. The molecule has 35 heavy (non-hydrogen) atoms. The molecule has 3 heterocycles. The second-order valence-electron chi connectivity index (χ2n) is 9.26. The van der Waals surface area contributed by atoms with Gasteiger partial charge < -0.3 is 39.7 Å². The minimum absolute atomic E-state index is 0.000827. The maximum atomic E-state index is 13.1. The fourth-order valence-electron chi connectivity index (χ4n) is 5.46. The summed E-state index contributed by atoms with van der Waals surface area (Å²) < 4.78 is 16.5. The highest BCUT2D eigenvalue weighted by molar-refractivity contribution is 5.97. The fraction of sp³-hybridized carbons (Fsp3) is 0.480. The van der Waals surface area contributed by atoms with Gasteiger partial charge in [-0.05, 0) is 24.4 Å². The van der Waals surface area contributed by atoms with Crippen LogP contribution in [0.5, 0.6) is 17.2 Å². The lowest BCUT2D eigenvalue weighted by Crippen LogP contribution is -2.58. The molecule has 6 unspecified atom stereocenters. The largest absolute Gasteiger partial charge is 0.504 e. The first-order valence-electron chi connectivity index (χ1n) is 11.6. The summed E-state index contributed by atoms with van der Waals surface area (Å²) in [7, 11) is 1.28. The number of carbonyl (C=O) groups excluding carboxylic acids is 1. The SMILES string of the molecule is COc1c(O)c(CN2CCC(c3ccccc3)C2)c2c(c1O)C1OC(CO)C(O)C(O)C1OC2=O. The minimum atomic E-state index is -1.55. The lowest BCUT2D eigenvalue weighted by molar-refractivity contribution is -0.235. The molecule has 5 rings (SSSR count). The first kappa shape index (κ1) is 23.8. The number of carbonyl (C=O) groups is 1. The van der Waals surface area contributed by atoms with Crippen LogP contribution < -0.4 is 4.74 Å². The summed E-state index contributed by atoms with van der Waals surface area (Å²) >= 11 is 0. The van der Waals surface area contributed by atoms with Gasteiger partial charge in [-0.15, -0.1) is 0 Å². The zero-order valence-electron chi connectivity index (χ0n) is 19.2. The normalized spacial score (nSPS) is 30.5. The third-order valence-electron chi connectivity index (χ3n) is 7.27. The first-order chi connectivity index (χ1) is 16.8. The fourth-order valence-corrected chi connectivity index (χ4v) is 5.46. The van der Waals surface area contributed by atoms with Crippen molar-refractivity contribution in [3.05, 3.63) is 52.6 Å². The van der Waals surface area contributed by atoms with E-state index in [1.165, 1.54) is 12.7 Å². The van der Waals surface area contributed by atoms with Gasteiger partial charge in [0.15, 0.2) is 17.6 Å². The lowest BCUT2D eigenvalue weighted by Gasteiger charge is -2.45. The van der Waals surface area contributed by atoms with Crippen molar-refractivity contribution in [3.63, 3.8) is 0 Å². The molecule has 2 aromatic carbocycles. The van der Waals surface area contributed by atoms with Gasteiger partial charge in [-0.25, -0.2) is 4.79 Å². The molecule has 5 N–H and O–H groups in total. The molecule has 0 spiro atoms. The Labute approximate surface area is 201 Å². The van der Waals surface area contributed by atoms with Crippen molar-refractivity contribution in [1.29, 1.82) is 0 Å². The van der Waals surface area contributed by atoms with E-state index in [0.717, 1.165) is 13.0 Å². The Bertz CT molecular complexity index is 1110. The van der Waals surface area contributed by atoms with Gasteiger partial charge in [-0.3, -0.25) is 4.90 Å². The number of likely N-dealkylation sites (tertiary alicyclic amines) is 1. The number of esters is 1. The Hall–Kier alpha value is -2.89. The van der Waals surface area contributed by atoms with E-state index in [9.17, 15) is 30.3 Å². The number of hydrogen-bond donors (Lipinski definition) is 5. The molecule has 0 amide bonds. The summed E-state index contributed by atoms with van der Waals surface area (Å²) in [5.74, 6) is -1.68. The molecular weight excluding hydrogens is 458 g/mol. The Kier molecular flexibility index (Phi) is 6.32. The minimum Gasteiger partial charge on any atom is -0.504 e. The van der Waals surface area contributed by atoms with E-state index in [2.05, 4.69) is 17.0 Å². The number of phenols is 2. The van der Waals surface area contributed by atoms with E-state index in [1.54, 1.807) is 0 Å². The Morgan fingerprint density at radius 3 is 2.54 bits per heavy atom. The second kappa shape index (κ2) is 9.29. The van der Waals surface area contributed by atoms with Crippen molar-refractivity contribution in [2.45, 2.75) is 49.4 Å². The molecule has 10 heteroatoms. The number of nitrogens with zero attached hydrogens (tertiary/aromatic N) is 1. The van der Waals surface area contributed by atoms with Crippen molar-refractivity contribution in [2.24, 2.45) is 0 Å². The topological polar surface area (TPSA) is 149 Å². The monoisotopic (exact) mass is 487 g/mol. The standard InChI is InChI=1S/C25H29NO9/c1-33-23-18(28)14(10-26-8-7-13(9-26)12-5-3-2-4-6-12)16-17(20(23)30)22-24(35-25(16)32)21(31)19(29)15(11-27)34-22/h2-6,13,15,19,21-22,24,27-31H,7-11H2,1H3. The summed E-state index contributed by atoms with van der Waals surface area (Å²) in [6.07, 6.45) is -5.78. The molecular formula is C25H29NO9. The number of aromatic hydroxyl groups is 2. The van der Waals surface area contributed by atoms with E-state index in [-0.39, 0.29) is 34.7 Å². The first-order valence-corrected chi connectivity index (χ1v) is 11.6. The summed E-state index contributed by atoms with van der Waals surface area (Å²) in [5.41, 5.74) is 1.37. The molecule has 0 bridgehead atoms. The number of phenolic OH excluding ortho intramolecular Hbond substituents is 2. The van der Waals surface area contributed by atoms with Gasteiger partial charge in [0, 0.05) is 24.2 Å². The van der Waals surface area contributed by atoms with Crippen molar-refractivity contribution >= 4 is 5.97 Å². The maximum Gasteiger partial charge on any atom is 0.339 e. The molecule has 3 aliphatic heterocycles. The smallest absolute Gasteiger partial charge is 0.339 e. The molecule has 0 aromatic heterocycles. The van der Waals surface area contributed by atoms with E-state index in [1.807, 2.05) is 18.2 Å². The Balaban J connectivity index is 1.54. The third kappa shape index (κ3) is 3.91. The molecule has 188 valence electrons. The Morgan fingerprint density at radius 1 is 1.11 bits per heavy atom. The molecule has 2 aromatic rings. The van der Waals surface area contributed by atoms with Crippen LogP contribution in [-0.2, 0) is 16.0 Å². The Morgan fingerprint density at radius 2 is 1.86 bits per heavy atom. The van der Waals surface area contributed by atoms with Gasteiger partial charge in [-0.1, -0.05) is 30.3 Å². The molecule has 0 aliphatic carbocycles. The summed E-state index contributed by atoms with van der Waals surface area (Å²) in [5, 5.41) is 52.3. The molecule has 6 atom stereocenters. The predicted molar refractivity (Wildman–Crippen MR) is 121 cm³/mol. The number of hydrogen-bond acceptors (Lipinski definition) is 10. The van der Waals surface area contributed by atoms with E-state index >= 15 is 0 Å². The van der Waals surface area contributed by atoms with Gasteiger partial charge in [0.2, 0.25) is 5.75 Å². The highest BCUT2D eigenvalue weighted by Gasteiger charge is 2.53. The van der Waals surface area contributed by atoms with Crippen LogP contribution in [0.2, 0.25) is 0 Å². The molecule has 10 nitrogen and oxygen atoms in total. The number of ether oxygens (including phenoxy) is 3. The highest BCUT2D eigenvalue weighted by atomic mass is 16.6. The molecule has 0 radical (unpaired) electrons. The van der Waals surface area contributed by atoms with Gasteiger partial charge in [0.25, 0.3) is 0 Å². The maximum absolute atomic E-state index is 13.1. The van der Waals surface area contributed by atoms with E-state index in [4.69, 9.17) is 14.2 Å². The average Bonchev–Trinajstić information content (AvgIpc) is 3.33. The van der Waals surface area contributed by atoms with Crippen LogP contribution in [0.25, 0.3) is 0 Å². The number of aliphatic hydroxyl groups is 3. The third-order valence-corrected chi connectivity index (χ3v) is 7.27. The number of aliphatic hydroxyl groups excluding tert-OH is 3. The quantitative estimate of drug-likeness (QED) is 0.383. The zero-order chi connectivity index (χ0) is 24.9. The van der Waals surface area contributed by atoms with Crippen molar-refractivity contribution < 1.29 is 44.5 Å². The van der Waals surface area contributed by atoms with E-state index in [0.29, 0.717) is 12.5 Å². The van der Waals surface area contributed by atoms with Crippen LogP contribution >= 0.6 is 0 Å². The van der Waals surface area contributed by atoms with Crippen LogP contribution in [0.15, 0.2) is 30.3 Å². The number of fused-ring (bicyclic) bond motifs is 3. The molecule has 2 saturated heterocycles. The highest BCUT2D eigenvalue weighted by Crippen LogP contribution is 2.52. The van der Waals surface area contributed by atoms with Crippen LogP contribution in [0.4, 0.5) is 0 Å². The second-order valence-corrected chi connectivity index (χ2v) is 9.26. The van der Waals surface area contributed by atoms with Crippen LogP contribution in [-0.4, -0.2) is 87.6 Å². The van der Waals surface area contributed by atoms with Crippen molar-refractivity contribution in [3.8, 4) is 17.2 Å². The van der Waals surface area contributed by atoms with Crippen molar-refractivity contribution in [1.82, 2.24) is 4.90 Å². The van der Waals surface area contributed by atoms with Gasteiger partial charge in [-0.2, -0.15) is 0 Å². The van der Waals surface area contributed by atoms with Crippen molar-refractivity contribution in [2.75, 3.05) is 26.8 Å². The average molecular weight is 488 g/mol. The van der Waals surface area contributed by atoms with E-state index < -0.39 is 48.8 Å². The number of benzene rings is 2. The number of methoxy groups -OCH3 is 1. The van der Waals surface area contributed by atoms with Gasteiger partial charge >= 0.3 is 5.97 Å². The van der Waals surface area contributed by atoms with Gasteiger partial charge in [0.1, 0.15) is 24.4 Å². The summed E-state index contributed by atoms with van der Waals surface area (Å²) in [6.45, 7) is 1.03. The molecule has 2 fully saturated rings. The number of rotatable bonds is 5.